The van der Waals surface area contributed by atoms with Crippen LogP contribution in [0.25, 0.3) is 0 Å². The molecule has 40 heavy (non-hydrogen) atoms. The Bertz CT molecular complexity index is 1340. The largest absolute Gasteiger partial charge is 0.438 e. The van der Waals surface area contributed by atoms with Gasteiger partial charge in [0.05, 0.1) is 29.8 Å². The third kappa shape index (κ3) is 3.54. The molecule has 1 saturated heterocycles. The Morgan fingerprint density at radius 3 is 2.52 bits per heavy atom. The average Bonchev–Trinajstić information content (AvgIpc) is 3.40. The summed E-state index contributed by atoms with van der Waals surface area (Å²) in [6.07, 6.45) is 1.48. The zero-order chi connectivity index (χ0) is 29.0. The summed E-state index contributed by atoms with van der Waals surface area (Å²) in [6, 6.07) is 8.71. The Labute approximate surface area is 236 Å². The lowest BCUT2D eigenvalue weighted by Gasteiger charge is -2.55. The number of aliphatic hydroxyl groups excluding tert-OH is 1. The van der Waals surface area contributed by atoms with E-state index in [9.17, 15) is 15.0 Å². The summed E-state index contributed by atoms with van der Waals surface area (Å²) in [7, 11) is 1.60. The zero-order valence-electron chi connectivity index (χ0n) is 24.3. The molecule has 2 bridgehead atoms. The smallest absolute Gasteiger partial charge is 0.414 e. The fourth-order valence-corrected chi connectivity index (χ4v) is 8.65. The lowest BCUT2D eigenvalue weighted by molar-refractivity contribution is -0.311. The molecule has 5 aliphatic rings. The molecule has 9 atom stereocenters. The zero-order valence-corrected chi connectivity index (χ0v) is 24.3. The molecule has 2 saturated carbocycles. The molecule has 1 aliphatic heterocycles. The second-order valence-corrected chi connectivity index (χ2v) is 13.7. The number of anilines is 1. The fraction of sp³-hybridized carbons (Fsp3) is 0.625. The van der Waals surface area contributed by atoms with Gasteiger partial charge in [0.25, 0.3) is 0 Å². The lowest BCUT2D eigenvalue weighted by atomic mass is 9.58. The van der Waals surface area contributed by atoms with E-state index < -0.39 is 41.2 Å². The van der Waals surface area contributed by atoms with Crippen LogP contribution in [-0.4, -0.2) is 59.7 Å². The van der Waals surface area contributed by atoms with E-state index in [-0.39, 0.29) is 29.8 Å². The van der Waals surface area contributed by atoms with Crippen molar-refractivity contribution in [1.82, 2.24) is 0 Å². The van der Waals surface area contributed by atoms with E-state index in [2.05, 4.69) is 32.9 Å². The summed E-state index contributed by atoms with van der Waals surface area (Å²) in [5.74, 6) is -0.590. The Morgan fingerprint density at radius 1 is 1.20 bits per heavy atom. The van der Waals surface area contributed by atoms with Crippen molar-refractivity contribution >= 4 is 11.8 Å². The van der Waals surface area contributed by atoms with Gasteiger partial charge in [-0.05, 0) is 85.8 Å². The van der Waals surface area contributed by atoms with Crippen molar-refractivity contribution in [3.63, 3.8) is 0 Å². The first-order valence-electron chi connectivity index (χ1n) is 14.3. The number of nitriles is 1. The van der Waals surface area contributed by atoms with Crippen LogP contribution in [0.4, 0.5) is 10.5 Å². The topological polar surface area (TPSA) is 112 Å². The van der Waals surface area contributed by atoms with Crippen LogP contribution in [0.3, 0.4) is 0 Å². The van der Waals surface area contributed by atoms with Crippen molar-refractivity contribution in [1.29, 1.82) is 5.26 Å². The van der Waals surface area contributed by atoms with Crippen molar-refractivity contribution in [3.05, 3.63) is 53.1 Å². The minimum Gasteiger partial charge on any atom is -0.438 e. The molecular formula is C32H40N2O6. The number of aliphatic hydroxyl groups is 2. The molecule has 0 aromatic heterocycles. The number of hydrogen-bond donors (Lipinski definition) is 2. The number of fused-ring (bicyclic) bond motifs is 5. The molecule has 1 aromatic carbocycles. The highest BCUT2D eigenvalue weighted by atomic mass is 16.7. The predicted octanol–water partition coefficient (Wildman–Crippen LogP) is 4.56. The molecule has 2 N–H and O–H groups in total. The Balaban J connectivity index is 1.44. The number of nitrogens with zero attached hydrogens (tertiary/aromatic N) is 2. The minimum atomic E-state index is -1.76. The van der Waals surface area contributed by atoms with Crippen molar-refractivity contribution < 1.29 is 29.2 Å². The number of ether oxygens (including phenoxy) is 3. The van der Waals surface area contributed by atoms with Crippen LogP contribution in [0.5, 0.6) is 0 Å². The Hall–Kier alpha value is -2.70. The number of carbonyl (C=O) groups is 1. The van der Waals surface area contributed by atoms with Crippen molar-refractivity contribution in [2.45, 2.75) is 77.7 Å². The molecule has 1 aromatic rings. The first-order chi connectivity index (χ1) is 18.7. The lowest BCUT2D eigenvalue weighted by Crippen LogP contribution is -2.69. The summed E-state index contributed by atoms with van der Waals surface area (Å²) in [5.41, 5.74) is -0.259. The molecule has 4 aliphatic carbocycles. The minimum absolute atomic E-state index is 0.0826. The third-order valence-electron chi connectivity index (χ3n) is 10.8. The van der Waals surface area contributed by atoms with E-state index in [0.29, 0.717) is 22.7 Å². The van der Waals surface area contributed by atoms with E-state index in [1.165, 1.54) is 4.90 Å². The monoisotopic (exact) mass is 548 g/mol. The second kappa shape index (κ2) is 8.65. The van der Waals surface area contributed by atoms with Crippen LogP contribution in [0, 0.1) is 45.8 Å². The van der Waals surface area contributed by atoms with Crippen LogP contribution in [0.15, 0.2) is 47.6 Å². The molecule has 1 unspecified atom stereocenters. The maximum Gasteiger partial charge on any atom is 0.414 e. The normalized spacial score (nSPS) is 42.0. The number of amides is 1. The number of hydrogen-bond acceptors (Lipinski definition) is 7. The van der Waals surface area contributed by atoms with Gasteiger partial charge in [0.15, 0.2) is 11.9 Å². The summed E-state index contributed by atoms with van der Waals surface area (Å²) >= 11 is 0. The Kier molecular flexibility index (Phi) is 5.94. The van der Waals surface area contributed by atoms with Gasteiger partial charge in [0.1, 0.15) is 11.7 Å². The first kappa shape index (κ1) is 27.5. The van der Waals surface area contributed by atoms with Gasteiger partial charge >= 0.3 is 6.09 Å². The molecule has 0 radical (unpaired) electrons. The summed E-state index contributed by atoms with van der Waals surface area (Å²) in [4.78, 5) is 15.0. The number of carbonyl (C=O) groups excluding carboxylic acids is 1. The highest BCUT2D eigenvalue weighted by molar-refractivity contribution is 5.87. The van der Waals surface area contributed by atoms with Gasteiger partial charge in [0.2, 0.25) is 0 Å². The maximum absolute atomic E-state index is 13.6. The number of benzene rings is 1. The molecular weight excluding hydrogens is 508 g/mol. The fourth-order valence-electron chi connectivity index (χ4n) is 8.65. The molecule has 1 heterocycles. The summed E-state index contributed by atoms with van der Waals surface area (Å²) in [5, 5.41) is 34.6. The average molecular weight is 549 g/mol. The molecule has 1 amide bonds. The van der Waals surface area contributed by atoms with Crippen LogP contribution in [0.1, 0.15) is 53.5 Å². The van der Waals surface area contributed by atoms with E-state index >= 15 is 0 Å². The predicted molar refractivity (Wildman–Crippen MR) is 148 cm³/mol. The van der Waals surface area contributed by atoms with Gasteiger partial charge in [-0.25, -0.2) is 4.79 Å². The molecule has 3 fully saturated rings. The van der Waals surface area contributed by atoms with Crippen LogP contribution < -0.4 is 4.90 Å². The molecule has 8 nitrogen and oxygen atoms in total. The highest BCUT2D eigenvalue weighted by Gasteiger charge is 2.77. The first-order valence-corrected chi connectivity index (χ1v) is 14.3. The van der Waals surface area contributed by atoms with Crippen molar-refractivity contribution in [3.8, 4) is 6.07 Å². The van der Waals surface area contributed by atoms with Crippen LogP contribution >= 0.6 is 0 Å². The molecule has 214 valence electrons. The molecule has 1 spiro atoms. The summed E-state index contributed by atoms with van der Waals surface area (Å²) in [6.45, 7) is 12.4. The summed E-state index contributed by atoms with van der Waals surface area (Å²) < 4.78 is 18.8. The van der Waals surface area contributed by atoms with E-state index in [0.717, 1.165) is 12.0 Å². The van der Waals surface area contributed by atoms with E-state index in [1.54, 1.807) is 31.3 Å². The Morgan fingerprint density at radius 2 is 1.88 bits per heavy atom. The highest BCUT2D eigenvalue weighted by Crippen LogP contribution is 2.73. The van der Waals surface area contributed by atoms with Crippen LogP contribution in [-0.2, 0) is 14.2 Å². The number of rotatable bonds is 2. The third-order valence-corrected chi connectivity index (χ3v) is 10.8. The van der Waals surface area contributed by atoms with Gasteiger partial charge in [0, 0.05) is 18.7 Å². The second-order valence-electron chi connectivity index (χ2n) is 13.7. The molecule has 8 heteroatoms. The SMILES string of the molecule is CC1=C[C@]23C(O)[C@@H](C=C4COC(C)(C)O[C@H]4[C@]2(O)[C@H]1OC(=O)N(C)c1ccc(C#N)cc1)[C@H]1[C@@H](C[C@H]3C)C1(C)C. The van der Waals surface area contributed by atoms with Crippen LogP contribution in [0.2, 0.25) is 0 Å². The van der Waals surface area contributed by atoms with Gasteiger partial charge in [-0.1, -0.05) is 32.9 Å². The maximum atomic E-state index is 13.6. The van der Waals surface area contributed by atoms with Gasteiger partial charge in [-0.2, -0.15) is 5.26 Å². The van der Waals surface area contributed by atoms with Gasteiger partial charge in [-0.15, -0.1) is 0 Å². The quantitative estimate of drug-likeness (QED) is 0.521. The van der Waals surface area contributed by atoms with Gasteiger partial charge in [-0.3, -0.25) is 4.90 Å². The van der Waals surface area contributed by atoms with E-state index in [4.69, 9.17) is 19.5 Å². The van der Waals surface area contributed by atoms with Gasteiger partial charge < -0.3 is 24.4 Å². The van der Waals surface area contributed by atoms with Crippen molar-refractivity contribution in [2.75, 3.05) is 18.6 Å². The molecule has 6 rings (SSSR count). The van der Waals surface area contributed by atoms with E-state index in [1.807, 2.05) is 26.8 Å². The van der Waals surface area contributed by atoms with Crippen molar-refractivity contribution in [2.24, 2.45) is 34.5 Å². The standard InChI is InChI=1S/C32H40N2O6/c1-17-14-31-18(2)12-23-24(29(23,3)4)22(25(31)35)13-20-16-38-30(5,6)40-27(20)32(31,37)26(17)39-28(36)34(7)21-10-8-19(15-33)9-11-21/h8-11,13-14,18,22-27,35,37H,12,16H2,1-7H3/t18-,22+,23-,24+,25?,26+,27-,31+,32-/m1/s1.